The molecular weight excluding hydrogens is 366 g/mol. The number of aromatic nitrogens is 4. The number of hydrogen-bond acceptors (Lipinski definition) is 7. The van der Waals surface area contributed by atoms with E-state index < -0.39 is 0 Å². The van der Waals surface area contributed by atoms with E-state index in [0.29, 0.717) is 23.2 Å². The van der Waals surface area contributed by atoms with E-state index >= 15 is 0 Å². The van der Waals surface area contributed by atoms with Crippen molar-refractivity contribution in [1.29, 1.82) is 5.26 Å². The first-order valence-electron chi connectivity index (χ1n) is 9.60. The van der Waals surface area contributed by atoms with Gasteiger partial charge in [0.2, 0.25) is 0 Å². The standard InChI is InChI=1S/C21H21N7O/c1-27-12-21(13-27)6-18(7-21)29-17-4-2-16(3-5-17)28-11-20(25-14-28)26-19-10-23-15(8-22)9-24-19/h2-5,9-11,14,18H,6-7,12-13H2,1H3,(H,24,26). The number of imidazole rings is 1. The highest BCUT2D eigenvalue weighted by molar-refractivity contribution is 5.51. The Morgan fingerprint density at radius 3 is 2.55 bits per heavy atom. The first kappa shape index (κ1) is 17.6. The predicted molar refractivity (Wildman–Crippen MR) is 107 cm³/mol. The van der Waals surface area contributed by atoms with Crippen LogP contribution in [0.1, 0.15) is 18.5 Å². The Hall–Kier alpha value is -3.44. The summed E-state index contributed by atoms with van der Waals surface area (Å²) in [5, 5.41) is 11.9. The van der Waals surface area contributed by atoms with Crippen LogP contribution < -0.4 is 10.1 Å². The van der Waals surface area contributed by atoms with Crippen LogP contribution in [-0.4, -0.2) is 50.7 Å². The molecule has 2 aromatic heterocycles. The first-order chi connectivity index (χ1) is 14.1. The summed E-state index contributed by atoms with van der Waals surface area (Å²) in [6, 6.07) is 10.0. The molecule has 1 N–H and O–H groups in total. The van der Waals surface area contributed by atoms with Crippen LogP contribution in [0.2, 0.25) is 0 Å². The summed E-state index contributed by atoms with van der Waals surface area (Å²) in [5.41, 5.74) is 1.80. The molecule has 8 heteroatoms. The van der Waals surface area contributed by atoms with Gasteiger partial charge in [0.15, 0.2) is 5.69 Å². The normalized spacial score (nSPS) is 17.9. The van der Waals surface area contributed by atoms with E-state index in [1.54, 1.807) is 6.33 Å². The van der Waals surface area contributed by atoms with Crippen LogP contribution in [0.25, 0.3) is 5.69 Å². The van der Waals surface area contributed by atoms with Gasteiger partial charge in [-0.2, -0.15) is 5.26 Å². The Morgan fingerprint density at radius 1 is 1.10 bits per heavy atom. The number of nitrogens with one attached hydrogen (secondary N) is 1. The number of rotatable bonds is 5. The molecule has 3 aromatic rings. The lowest BCUT2D eigenvalue weighted by Gasteiger charge is -2.57. The molecule has 0 radical (unpaired) electrons. The summed E-state index contributed by atoms with van der Waals surface area (Å²) in [6.07, 6.45) is 9.20. The second-order valence-corrected chi connectivity index (χ2v) is 8.00. The number of nitrogens with zero attached hydrogens (tertiary/aromatic N) is 6. The molecule has 1 aliphatic carbocycles. The average molecular weight is 387 g/mol. The third kappa shape index (κ3) is 3.52. The number of anilines is 2. The average Bonchev–Trinajstić information content (AvgIpc) is 3.15. The summed E-state index contributed by atoms with van der Waals surface area (Å²) in [6.45, 7) is 2.41. The smallest absolute Gasteiger partial charge is 0.158 e. The van der Waals surface area contributed by atoms with E-state index in [0.717, 1.165) is 24.3 Å². The van der Waals surface area contributed by atoms with Crippen LogP contribution in [0, 0.1) is 16.7 Å². The third-order valence-corrected chi connectivity index (χ3v) is 5.57. The second kappa shape index (κ2) is 6.87. The highest BCUT2D eigenvalue weighted by Gasteiger charge is 2.52. The predicted octanol–water partition coefficient (Wildman–Crippen LogP) is 2.75. The molecule has 0 unspecified atom stereocenters. The molecule has 1 saturated heterocycles. The molecule has 5 rings (SSSR count). The molecule has 2 aliphatic rings. The van der Waals surface area contributed by atoms with Crippen LogP contribution in [-0.2, 0) is 0 Å². The molecule has 146 valence electrons. The van der Waals surface area contributed by atoms with E-state index in [4.69, 9.17) is 10.00 Å². The van der Waals surface area contributed by atoms with Crippen molar-refractivity contribution in [3.63, 3.8) is 0 Å². The molecule has 1 spiro atoms. The summed E-state index contributed by atoms with van der Waals surface area (Å²) in [4.78, 5) is 14.8. The van der Waals surface area contributed by atoms with Gasteiger partial charge in [-0.25, -0.2) is 15.0 Å². The van der Waals surface area contributed by atoms with Crippen LogP contribution >= 0.6 is 0 Å². The third-order valence-electron chi connectivity index (χ3n) is 5.57. The monoisotopic (exact) mass is 387 g/mol. The van der Waals surface area contributed by atoms with E-state index in [-0.39, 0.29) is 5.69 Å². The van der Waals surface area contributed by atoms with Crippen molar-refractivity contribution in [2.45, 2.75) is 18.9 Å². The lowest BCUT2D eigenvalue weighted by atomic mass is 9.62. The SMILES string of the molecule is CN1CC2(CC(Oc3ccc(-n4cnc(Nc5cnc(C#N)cn5)c4)cc3)C2)C1. The minimum absolute atomic E-state index is 0.278. The largest absolute Gasteiger partial charge is 0.490 e. The van der Waals surface area contributed by atoms with Gasteiger partial charge in [0.1, 0.15) is 29.8 Å². The van der Waals surface area contributed by atoms with Gasteiger partial charge >= 0.3 is 0 Å². The van der Waals surface area contributed by atoms with Crippen molar-refractivity contribution in [2.75, 3.05) is 25.5 Å². The van der Waals surface area contributed by atoms with Gasteiger partial charge in [0.25, 0.3) is 0 Å². The van der Waals surface area contributed by atoms with Gasteiger partial charge in [-0.15, -0.1) is 0 Å². The topological polar surface area (TPSA) is 91.9 Å². The quantitative estimate of drug-likeness (QED) is 0.720. The van der Waals surface area contributed by atoms with Crippen LogP contribution in [0.5, 0.6) is 5.75 Å². The molecule has 1 saturated carbocycles. The van der Waals surface area contributed by atoms with Crippen molar-refractivity contribution in [2.24, 2.45) is 5.41 Å². The van der Waals surface area contributed by atoms with E-state index in [9.17, 15) is 0 Å². The molecule has 1 aromatic carbocycles. The molecule has 0 atom stereocenters. The number of likely N-dealkylation sites (tertiary alicyclic amines) is 1. The zero-order valence-electron chi connectivity index (χ0n) is 16.1. The zero-order chi connectivity index (χ0) is 19.8. The molecule has 8 nitrogen and oxygen atoms in total. The fourth-order valence-electron chi connectivity index (χ4n) is 4.35. The minimum atomic E-state index is 0.278. The fraction of sp³-hybridized carbons (Fsp3) is 0.333. The number of nitriles is 1. The Morgan fingerprint density at radius 2 is 1.90 bits per heavy atom. The maximum atomic E-state index is 8.78. The summed E-state index contributed by atoms with van der Waals surface area (Å²) in [5.74, 6) is 2.09. The highest BCUT2D eigenvalue weighted by Crippen LogP contribution is 2.49. The van der Waals surface area contributed by atoms with Crippen molar-refractivity contribution in [3.8, 4) is 17.5 Å². The first-order valence-corrected chi connectivity index (χ1v) is 9.60. The van der Waals surface area contributed by atoms with E-state index in [1.807, 2.05) is 41.1 Å². The summed E-state index contributed by atoms with van der Waals surface area (Å²) >= 11 is 0. The van der Waals surface area contributed by atoms with E-state index in [1.165, 1.54) is 25.5 Å². The molecule has 2 fully saturated rings. The lowest BCUT2D eigenvalue weighted by Crippen LogP contribution is -2.63. The molecule has 0 bridgehead atoms. The molecule has 3 heterocycles. The summed E-state index contributed by atoms with van der Waals surface area (Å²) < 4.78 is 8.04. The van der Waals surface area contributed by atoms with Gasteiger partial charge < -0.3 is 19.5 Å². The maximum absolute atomic E-state index is 8.78. The zero-order valence-corrected chi connectivity index (χ0v) is 16.1. The Balaban J connectivity index is 1.19. The van der Waals surface area contributed by atoms with Gasteiger partial charge in [0, 0.05) is 24.2 Å². The van der Waals surface area contributed by atoms with Crippen LogP contribution in [0.15, 0.2) is 49.2 Å². The van der Waals surface area contributed by atoms with Crippen molar-refractivity contribution >= 4 is 11.6 Å². The molecule has 29 heavy (non-hydrogen) atoms. The van der Waals surface area contributed by atoms with Crippen molar-refractivity contribution in [1.82, 2.24) is 24.4 Å². The lowest BCUT2D eigenvalue weighted by molar-refractivity contribution is -0.109. The van der Waals surface area contributed by atoms with Crippen LogP contribution in [0.4, 0.5) is 11.6 Å². The number of hydrogen-bond donors (Lipinski definition) is 1. The fourth-order valence-corrected chi connectivity index (χ4v) is 4.35. The highest BCUT2D eigenvalue weighted by atomic mass is 16.5. The van der Waals surface area contributed by atoms with Crippen LogP contribution in [0.3, 0.4) is 0 Å². The van der Waals surface area contributed by atoms with Crippen molar-refractivity contribution in [3.05, 3.63) is 54.9 Å². The molecular formula is C21H21N7O. The van der Waals surface area contributed by atoms with Crippen molar-refractivity contribution < 1.29 is 4.74 Å². The molecule has 1 aliphatic heterocycles. The van der Waals surface area contributed by atoms with Gasteiger partial charge in [0.05, 0.1) is 24.7 Å². The Bertz CT molecular complexity index is 1040. The number of benzene rings is 1. The summed E-state index contributed by atoms with van der Waals surface area (Å²) in [7, 11) is 2.17. The minimum Gasteiger partial charge on any atom is -0.490 e. The Kier molecular flexibility index (Phi) is 4.18. The van der Waals surface area contributed by atoms with Gasteiger partial charge in [-0.3, -0.25) is 0 Å². The van der Waals surface area contributed by atoms with Gasteiger partial charge in [-0.1, -0.05) is 0 Å². The maximum Gasteiger partial charge on any atom is 0.158 e. The Labute approximate surface area is 168 Å². The van der Waals surface area contributed by atoms with E-state index in [2.05, 4.69) is 32.2 Å². The number of ether oxygens (including phenoxy) is 1. The second-order valence-electron chi connectivity index (χ2n) is 8.00. The molecule has 0 amide bonds. The van der Waals surface area contributed by atoms with Gasteiger partial charge in [-0.05, 0) is 44.2 Å².